The number of rotatable bonds is 6. The number of hydrogen-bond acceptors (Lipinski definition) is 3. The molecule has 0 saturated heterocycles. The van der Waals surface area contributed by atoms with Crippen molar-refractivity contribution >= 4 is 10.2 Å². The van der Waals surface area contributed by atoms with Gasteiger partial charge in [-0.15, -0.1) is 0 Å². The van der Waals surface area contributed by atoms with E-state index in [0.29, 0.717) is 19.5 Å². The van der Waals surface area contributed by atoms with Gasteiger partial charge in [-0.05, 0) is 25.8 Å². The van der Waals surface area contributed by atoms with Crippen LogP contribution in [0.4, 0.5) is 0 Å². The normalized spacial score (nSPS) is 18.5. The maximum Gasteiger partial charge on any atom is 0.277 e. The minimum atomic E-state index is -3.27. The summed E-state index contributed by atoms with van der Waals surface area (Å²) in [6.07, 6.45) is 3.71. The monoisotopic (exact) mass is 207 g/mol. The summed E-state index contributed by atoms with van der Waals surface area (Å²) in [6, 6.07) is 0.148. The van der Waals surface area contributed by atoms with Crippen molar-refractivity contribution in [2.75, 3.05) is 13.1 Å². The van der Waals surface area contributed by atoms with Crippen molar-refractivity contribution in [3.8, 4) is 0 Å². The van der Waals surface area contributed by atoms with Crippen LogP contribution in [0.1, 0.15) is 25.7 Å². The van der Waals surface area contributed by atoms with Crippen LogP contribution < -0.4 is 15.2 Å². The second kappa shape index (κ2) is 4.90. The summed E-state index contributed by atoms with van der Waals surface area (Å²) in [7, 11) is -3.27. The fraction of sp³-hybridized carbons (Fsp3) is 1.00. The summed E-state index contributed by atoms with van der Waals surface area (Å²) in [6.45, 7) is 0.921. The molecule has 0 bridgehead atoms. The van der Waals surface area contributed by atoms with Gasteiger partial charge in [-0.3, -0.25) is 0 Å². The lowest BCUT2D eigenvalue weighted by Gasteiger charge is -2.26. The highest BCUT2D eigenvalue weighted by atomic mass is 32.2. The average molecular weight is 207 g/mol. The highest BCUT2D eigenvalue weighted by Crippen LogP contribution is 2.18. The summed E-state index contributed by atoms with van der Waals surface area (Å²) in [5.74, 6) is 0. The maximum absolute atomic E-state index is 11.2. The van der Waals surface area contributed by atoms with Gasteiger partial charge in [-0.2, -0.15) is 13.1 Å². The Morgan fingerprint density at radius 3 is 2.54 bits per heavy atom. The van der Waals surface area contributed by atoms with Crippen molar-refractivity contribution in [2.24, 2.45) is 5.73 Å². The molecule has 1 fully saturated rings. The van der Waals surface area contributed by atoms with Crippen molar-refractivity contribution in [3.63, 3.8) is 0 Å². The first kappa shape index (κ1) is 10.9. The van der Waals surface area contributed by atoms with Gasteiger partial charge in [0.15, 0.2) is 0 Å². The van der Waals surface area contributed by atoms with Crippen molar-refractivity contribution in [2.45, 2.75) is 31.7 Å². The molecular weight excluding hydrogens is 190 g/mol. The van der Waals surface area contributed by atoms with E-state index < -0.39 is 10.2 Å². The Balaban J connectivity index is 2.20. The van der Waals surface area contributed by atoms with Crippen LogP contribution >= 0.6 is 0 Å². The Hall–Kier alpha value is -0.170. The molecule has 1 aliphatic carbocycles. The standard InChI is InChI=1S/C7H17N3O2S/c8-5-2-6-9-13(11,12)10-7-3-1-4-7/h7,9-10H,1-6,8H2. The predicted molar refractivity (Wildman–Crippen MR) is 51.4 cm³/mol. The molecule has 0 aromatic heterocycles. The molecule has 0 heterocycles. The zero-order chi connectivity index (χ0) is 9.73. The number of nitrogens with two attached hydrogens (primary N) is 1. The summed E-state index contributed by atoms with van der Waals surface area (Å²) >= 11 is 0. The Kier molecular flexibility index (Phi) is 4.11. The highest BCUT2D eigenvalue weighted by molar-refractivity contribution is 7.87. The molecule has 78 valence electrons. The van der Waals surface area contributed by atoms with E-state index in [9.17, 15) is 8.42 Å². The average Bonchev–Trinajstić information content (AvgIpc) is 1.98. The number of hydrogen-bond donors (Lipinski definition) is 3. The molecule has 0 radical (unpaired) electrons. The van der Waals surface area contributed by atoms with E-state index in [1.807, 2.05) is 0 Å². The quantitative estimate of drug-likeness (QED) is 0.504. The molecule has 0 spiro atoms. The molecule has 5 nitrogen and oxygen atoms in total. The first-order chi connectivity index (χ1) is 6.14. The molecule has 13 heavy (non-hydrogen) atoms. The van der Waals surface area contributed by atoms with Crippen LogP contribution in [0.25, 0.3) is 0 Å². The second-order valence-electron chi connectivity index (χ2n) is 3.29. The van der Waals surface area contributed by atoms with Crippen molar-refractivity contribution < 1.29 is 8.42 Å². The zero-order valence-electron chi connectivity index (χ0n) is 7.62. The van der Waals surface area contributed by atoms with Gasteiger partial charge in [0.05, 0.1) is 0 Å². The Bertz CT molecular complexity index is 236. The van der Waals surface area contributed by atoms with Crippen LogP contribution in [-0.4, -0.2) is 27.5 Å². The summed E-state index contributed by atoms with van der Waals surface area (Å²) in [4.78, 5) is 0. The van der Waals surface area contributed by atoms with E-state index in [1.54, 1.807) is 0 Å². The molecule has 0 aromatic carbocycles. The topological polar surface area (TPSA) is 84.2 Å². The molecule has 1 saturated carbocycles. The molecule has 4 N–H and O–H groups in total. The van der Waals surface area contributed by atoms with Gasteiger partial charge >= 0.3 is 0 Å². The SMILES string of the molecule is NCCCNS(=O)(=O)NC1CCC1. The van der Waals surface area contributed by atoms with E-state index >= 15 is 0 Å². The van der Waals surface area contributed by atoms with Crippen LogP contribution in [-0.2, 0) is 10.2 Å². The lowest BCUT2D eigenvalue weighted by molar-refractivity contribution is 0.381. The maximum atomic E-state index is 11.2. The first-order valence-corrected chi connectivity index (χ1v) is 6.09. The van der Waals surface area contributed by atoms with Gasteiger partial charge in [0.2, 0.25) is 0 Å². The first-order valence-electron chi connectivity index (χ1n) is 4.61. The lowest BCUT2D eigenvalue weighted by Crippen LogP contribution is -2.46. The summed E-state index contributed by atoms with van der Waals surface area (Å²) in [5, 5.41) is 0. The van der Waals surface area contributed by atoms with Crippen LogP contribution in [0.15, 0.2) is 0 Å². The predicted octanol–water partition coefficient (Wildman–Crippen LogP) is -0.688. The van der Waals surface area contributed by atoms with E-state index in [4.69, 9.17) is 5.73 Å². The third-order valence-corrected chi connectivity index (χ3v) is 3.33. The largest absolute Gasteiger partial charge is 0.330 e. The smallest absolute Gasteiger partial charge is 0.277 e. The van der Waals surface area contributed by atoms with Gasteiger partial charge in [0.25, 0.3) is 10.2 Å². The minimum Gasteiger partial charge on any atom is -0.330 e. The molecule has 0 amide bonds. The molecule has 0 aromatic rings. The molecule has 0 aliphatic heterocycles. The van der Waals surface area contributed by atoms with Gasteiger partial charge in [0, 0.05) is 12.6 Å². The fourth-order valence-corrected chi connectivity index (χ4v) is 2.27. The van der Waals surface area contributed by atoms with Gasteiger partial charge in [-0.1, -0.05) is 6.42 Å². The fourth-order valence-electron chi connectivity index (χ4n) is 1.10. The summed E-state index contributed by atoms with van der Waals surface area (Å²) < 4.78 is 27.5. The van der Waals surface area contributed by atoms with Crippen LogP contribution in [0.3, 0.4) is 0 Å². The van der Waals surface area contributed by atoms with Crippen LogP contribution in [0, 0.1) is 0 Å². The third kappa shape index (κ3) is 4.04. The highest BCUT2D eigenvalue weighted by Gasteiger charge is 2.22. The van der Waals surface area contributed by atoms with E-state index in [0.717, 1.165) is 19.3 Å². The Morgan fingerprint density at radius 2 is 2.08 bits per heavy atom. The summed E-state index contributed by atoms with van der Waals surface area (Å²) in [5.41, 5.74) is 5.24. The molecule has 1 aliphatic rings. The molecule has 1 rings (SSSR count). The molecule has 6 heteroatoms. The second-order valence-corrected chi connectivity index (χ2v) is 4.82. The van der Waals surface area contributed by atoms with E-state index in [1.165, 1.54) is 0 Å². The van der Waals surface area contributed by atoms with Crippen LogP contribution in [0.5, 0.6) is 0 Å². The number of nitrogens with one attached hydrogen (secondary N) is 2. The third-order valence-electron chi connectivity index (χ3n) is 2.10. The lowest BCUT2D eigenvalue weighted by atomic mass is 9.94. The van der Waals surface area contributed by atoms with E-state index in [2.05, 4.69) is 9.44 Å². The molecule has 0 unspecified atom stereocenters. The van der Waals surface area contributed by atoms with Crippen LogP contribution in [0.2, 0.25) is 0 Å². The molecule has 0 atom stereocenters. The van der Waals surface area contributed by atoms with Gasteiger partial charge in [-0.25, -0.2) is 4.72 Å². The minimum absolute atomic E-state index is 0.148. The Labute approximate surface area is 79.3 Å². The Morgan fingerprint density at radius 1 is 1.38 bits per heavy atom. The van der Waals surface area contributed by atoms with Crippen molar-refractivity contribution in [1.82, 2.24) is 9.44 Å². The molecular formula is C7H17N3O2S. The van der Waals surface area contributed by atoms with E-state index in [-0.39, 0.29) is 6.04 Å². The van der Waals surface area contributed by atoms with Gasteiger partial charge in [0.1, 0.15) is 0 Å². The van der Waals surface area contributed by atoms with Crippen molar-refractivity contribution in [3.05, 3.63) is 0 Å². The van der Waals surface area contributed by atoms with Crippen molar-refractivity contribution in [1.29, 1.82) is 0 Å². The zero-order valence-corrected chi connectivity index (χ0v) is 8.44. The van der Waals surface area contributed by atoms with Gasteiger partial charge < -0.3 is 5.73 Å².